The van der Waals surface area contributed by atoms with Crippen LogP contribution in [0, 0.1) is 0 Å². The zero-order chi connectivity index (χ0) is 14.7. The van der Waals surface area contributed by atoms with E-state index in [1.165, 1.54) is 11.3 Å². The van der Waals surface area contributed by atoms with Gasteiger partial charge in [-0.1, -0.05) is 28.9 Å². The molecule has 0 fully saturated rings. The quantitative estimate of drug-likeness (QED) is 0.862. The van der Waals surface area contributed by atoms with Crippen LogP contribution < -0.4 is 11.1 Å². The number of hydrogen-bond donors (Lipinski definition) is 2. The summed E-state index contributed by atoms with van der Waals surface area (Å²) in [6.07, 6.45) is 0.814. The Kier molecular flexibility index (Phi) is 5.01. The molecule has 1 aromatic carbocycles. The predicted molar refractivity (Wildman–Crippen MR) is 87.4 cm³/mol. The first kappa shape index (κ1) is 15.3. The van der Waals surface area contributed by atoms with Gasteiger partial charge in [0, 0.05) is 21.7 Å². The summed E-state index contributed by atoms with van der Waals surface area (Å²) in [7, 11) is 1.62. The Morgan fingerprint density at radius 3 is 2.90 bits per heavy atom. The molecule has 20 heavy (non-hydrogen) atoms. The Balaban J connectivity index is 2.31. The first-order valence-corrected chi connectivity index (χ1v) is 7.95. The summed E-state index contributed by atoms with van der Waals surface area (Å²) in [4.78, 5) is 12.9. The standard InChI is InChI=1S/C14H17BrN2O2S/c1-3-8(7-19-2)17-14(18)13-12(16)11-9(15)5-4-6-10(11)20-13/h4-6,8H,3,7,16H2,1-2H3,(H,17,18). The van der Waals surface area contributed by atoms with Gasteiger partial charge in [-0.3, -0.25) is 4.79 Å². The first-order chi connectivity index (χ1) is 9.58. The number of carbonyl (C=O) groups excluding carboxylic acids is 1. The largest absolute Gasteiger partial charge is 0.397 e. The molecule has 2 rings (SSSR count). The van der Waals surface area contributed by atoms with E-state index in [4.69, 9.17) is 10.5 Å². The lowest BCUT2D eigenvalue weighted by molar-refractivity contribution is 0.0899. The number of nitrogen functional groups attached to an aromatic ring is 1. The third-order valence-corrected chi connectivity index (χ3v) is 4.93. The lowest BCUT2D eigenvalue weighted by atomic mass is 10.2. The Morgan fingerprint density at radius 2 is 2.30 bits per heavy atom. The van der Waals surface area contributed by atoms with E-state index in [-0.39, 0.29) is 11.9 Å². The van der Waals surface area contributed by atoms with Crippen LogP contribution in [0.25, 0.3) is 10.1 Å². The zero-order valence-electron chi connectivity index (χ0n) is 11.4. The van der Waals surface area contributed by atoms with Gasteiger partial charge in [-0.15, -0.1) is 11.3 Å². The number of nitrogens with two attached hydrogens (primary N) is 1. The van der Waals surface area contributed by atoms with Crippen molar-refractivity contribution in [3.8, 4) is 0 Å². The van der Waals surface area contributed by atoms with Crippen LogP contribution >= 0.6 is 27.3 Å². The third kappa shape index (κ3) is 2.97. The molecule has 0 radical (unpaired) electrons. The van der Waals surface area contributed by atoms with Crippen LogP contribution in [-0.2, 0) is 4.74 Å². The lowest BCUT2D eigenvalue weighted by Gasteiger charge is -2.15. The number of nitrogens with one attached hydrogen (secondary N) is 1. The van der Waals surface area contributed by atoms with Crippen LogP contribution in [-0.4, -0.2) is 25.7 Å². The van der Waals surface area contributed by atoms with E-state index in [0.717, 1.165) is 21.0 Å². The van der Waals surface area contributed by atoms with Gasteiger partial charge in [0.2, 0.25) is 0 Å². The van der Waals surface area contributed by atoms with Crippen LogP contribution in [0.1, 0.15) is 23.0 Å². The molecule has 1 heterocycles. The van der Waals surface area contributed by atoms with Gasteiger partial charge in [0.25, 0.3) is 5.91 Å². The molecule has 1 unspecified atom stereocenters. The average molecular weight is 357 g/mol. The second-order valence-corrected chi connectivity index (χ2v) is 6.40. The van der Waals surface area contributed by atoms with Gasteiger partial charge in [0.1, 0.15) is 4.88 Å². The van der Waals surface area contributed by atoms with Crippen molar-refractivity contribution in [1.29, 1.82) is 0 Å². The molecule has 108 valence electrons. The van der Waals surface area contributed by atoms with Crippen molar-refractivity contribution in [3.63, 3.8) is 0 Å². The summed E-state index contributed by atoms with van der Waals surface area (Å²) in [5.41, 5.74) is 6.65. The van der Waals surface area contributed by atoms with Crippen LogP contribution in [0.5, 0.6) is 0 Å². The van der Waals surface area contributed by atoms with Crippen LogP contribution in [0.4, 0.5) is 5.69 Å². The molecule has 3 N–H and O–H groups in total. The van der Waals surface area contributed by atoms with Gasteiger partial charge in [0.05, 0.1) is 18.3 Å². The Bertz CT molecular complexity index is 627. The fourth-order valence-electron chi connectivity index (χ4n) is 2.01. The number of rotatable bonds is 5. The molecule has 2 aromatic rings. The number of ether oxygens (including phenoxy) is 1. The molecule has 0 aliphatic carbocycles. The van der Waals surface area contributed by atoms with Crippen molar-refractivity contribution in [2.24, 2.45) is 0 Å². The second kappa shape index (κ2) is 6.56. The third-order valence-electron chi connectivity index (χ3n) is 3.10. The summed E-state index contributed by atoms with van der Waals surface area (Å²) in [5.74, 6) is -0.139. The van der Waals surface area contributed by atoms with Crippen molar-refractivity contribution in [2.45, 2.75) is 19.4 Å². The molecule has 0 saturated carbocycles. The van der Waals surface area contributed by atoms with Gasteiger partial charge >= 0.3 is 0 Å². The van der Waals surface area contributed by atoms with Crippen molar-refractivity contribution < 1.29 is 9.53 Å². The van der Waals surface area contributed by atoms with Gasteiger partial charge < -0.3 is 15.8 Å². The summed E-state index contributed by atoms with van der Waals surface area (Å²) >= 11 is 4.88. The van der Waals surface area contributed by atoms with Crippen molar-refractivity contribution in [2.75, 3.05) is 19.5 Å². The van der Waals surface area contributed by atoms with Gasteiger partial charge in [-0.05, 0) is 18.6 Å². The normalized spacial score (nSPS) is 12.6. The highest BCUT2D eigenvalue weighted by Crippen LogP contribution is 2.38. The van der Waals surface area contributed by atoms with E-state index in [9.17, 15) is 4.79 Å². The number of halogens is 1. The highest BCUT2D eigenvalue weighted by Gasteiger charge is 2.19. The highest BCUT2D eigenvalue weighted by atomic mass is 79.9. The minimum Gasteiger partial charge on any atom is -0.397 e. The van der Waals surface area contributed by atoms with Crippen LogP contribution in [0.3, 0.4) is 0 Å². The van der Waals surface area contributed by atoms with Crippen molar-refractivity contribution in [1.82, 2.24) is 5.32 Å². The van der Waals surface area contributed by atoms with E-state index >= 15 is 0 Å². The first-order valence-electron chi connectivity index (χ1n) is 6.34. The van der Waals surface area contributed by atoms with Gasteiger partial charge in [-0.25, -0.2) is 0 Å². The monoisotopic (exact) mass is 356 g/mol. The van der Waals surface area contributed by atoms with Crippen LogP contribution in [0.15, 0.2) is 22.7 Å². The van der Waals surface area contributed by atoms with Crippen LogP contribution in [0.2, 0.25) is 0 Å². The number of amides is 1. The number of benzene rings is 1. The number of carbonyl (C=O) groups is 1. The highest BCUT2D eigenvalue weighted by molar-refractivity contribution is 9.10. The smallest absolute Gasteiger partial charge is 0.263 e. The summed E-state index contributed by atoms with van der Waals surface area (Å²) in [5, 5.41) is 3.86. The minimum absolute atomic E-state index is 0.000512. The minimum atomic E-state index is -0.139. The SMILES string of the molecule is CCC(COC)NC(=O)c1sc2cccc(Br)c2c1N. The Morgan fingerprint density at radius 1 is 1.55 bits per heavy atom. The molecule has 0 aliphatic rings. The molecule has 0 bridgehead atoms. The van der Waals surface area contributed by atoms with Crippen molar-refractivity contribution >= 4 is 48.9 Å². The van der Waals surface area contributed by atoms with Gasteiger partial charge in [-0.2, -0.15) is 0 Å². The van der Waals surface area contributed by atoms with Gasteiger partial charge in [0.15, 0.2) is 0 Å². The zero-order valence-corrected chi connectivity index (χ0v) is 13.8. The molecule has 1 aromatic heterocycles. The molecule has 0 spiro atoms. The number of thiophene rings is 1. The summed E-state index contributed by atoms with van der Waals surface area (Å²) in [6.45, 7) is 2.51. The van der Waals surface area contributed by atoms with Crippen molar-refractivity contribution in [3.05, 3.63) is 27.5 Å². The molecule has 1 atom stereocenters. The maximum atomic E-state index is 12.3. The maximum absolute atomic E-state index is 12.3. The molecule has 0 aliphatic heterocycles. The topological polar surface area (TPSA) is 64.3 Å². The van der Waals surface area contributed by atoms with E-state index < -0.39 is 0 Å². The fourth-order valence-corrected chi connectivity index (χ4v) is 3.77. The predicted octanol–water partition coefficient (Wildman–Crippen LogP) is 3.40. The number of hydrogen-bond acceptors (Lipinski definition) is 4. The molecule has 1 amide bonds. The molecule has 0 saturated heterocycles. The van der Waals surface area contributed by atoms with E-state index in [2.05, 4.69) is 21.2 Å². The molecule has 4 nitrogen and oxygen atoms in total. The number of fused-ring (bicyclic) bond motifs is 1. The fraction of sp³-hybridized carbons (Fsp3) is 0.357. The average Bonchev–Trinajstić information content (AvgIpc) is 2.77. The Hall–Kier alpha value is -1.11. The molecule has 6 heteroatoms. The lowest BCUT2D eigenvalue weighted by Crippen LogP contribution is -2.37. The molecular weight excluding hydrogens is 340 g/mol. The Labute approximate surface area is 130 Å². The maximum Gasteiger partial charge on any atom is 0.263 e. The number of methoxy groups -OCH3 is 1. The molecular formula is C14H17BrN2O2S. The summed E-state index contributed by atoms with van der Waals surface area (Å²) < 4.78 is 7.00. The summed E-state index contributed by atoms with van der Waals surface area (Å²) in [6, 6.07) is 5.82. The van der Waals surface area contributed by atoms with E-state index in [1.54, 1.807) is 7.11 Å². The van der Waals surface area contributed by atoms with E-state index in [0.29, 0.717) is 17.2 Å². The van der Waals surface area contributed by atoms with E-state index in [1.807, 2.05) is 25.1 Å². The second-order valence-electron chi connectivity index (χ2n) is 4.49. The number of anilines is 1.